The van der Waals surface area contributed by atoms with Crippen LogP contribution in [-0.4, -0.2) is 31.4 Å². The third-order valence-electron chi connectivity index (χ3n) is 2.87. The number of likely N-dealkylation sites (N-methyl/N-ethyl adjacent to an activating group) is 1. The molecule has 0 aliphatic heterocycles. The van der Waals surface area contributed by atoms with Gasteiger partial charge in [0.15, 0.2) is 0 Å². The molecule has 0 radical (unpaired) electrons. The van der Waals surface area contributed by atoms with Crippen LogP contribution in [-0.2, 0) is 9.53 Å². The molecule has 0 heterocycles. The van der Waals surface area contributed by atoms with E-state index in [1.54, 1.807) is 18.8 Å². The number of halogens is 1. The van der Waals surface area contributed by atoms with Crippen LogP contribution in [0, 0.1) is 0 Å². The van der Waals surface area contributed by atoms with Gasteiger partial charge < -0.3 is 10.1 Å². The molecule has 0 saturated heterocycles. The first-order valence-electron chi connectivity index (χ1n) is 5.67. The van der Waals surface area contributed by atoms with E-state index in [2.05, 4.69) is 5.32 Å². The van der Waals surface area contributed by atoms with Gasteiger partial charge in [-0.1, -0.05) is 11.6 Å². The molecule has 0 fully saturated rings. The van der Waals surface area contributed by atoms with Gasteiger partial charge in [0.1, 0.15) is 5.54 Å². The van der Waals surface area contributed by atoms with E-state index in [9.17, 15) is 4.79 Å². The zero-order valence-electron chi connectivity index (χ0n) is 10.8. The maximum absolute atomic E-state index is 11.6. The Morgan fingerprint density at radius 2 is 2.06 bits per heavy atom. The van der Waals surface area contributed by atoms with Gasteiger partial charge in [-0.25, -0.2) is 0 Å². The third kappa shape index (κ3) is 4.19. The van der Waals surface area contributed by atoms with Crippen LogP contribution in [0.25, 0.3) is 0 Å². The second-order valence-corrected chi connectivity index (χ2v) is 5.73. The van der Waals surface area contributed by atoms with Crippen molar-refractivity contribution in [2.45, 2.75) is 23.8 Å². The number of hydrogen-bond acceptors (Lipinski definition) is 4. The number of carbonyl (C=O) groups is 1. The summed E-state index contributed by atoms with van der Waals surface area (Å²) in [6.45, 7) is 1.85. The fourth-order valence-corrected chi connectivity index (χ4v) is 2.66. The molecule has 1 aromatic carbocycles. The molecule has 0 saturated carbocycles. The number of hydrogen-bond donors (Lipinski definition) is 1. The molecule has 1 rings (SSSR count). The summed E-state index contributed by atoms with van der Waals surface area (Å²) in [4.78, 5) is 12.8. The molecule has 0 spiro atoms. The number of ether oxygens (including phenoxy) is 1. The number of methoxy groups -OCH3 is 1. The maximum Gasteiger partial charge on any atom is 0.325 e. The lowest BCUT2D eigenvalue weighted by Gasteiger charge is -2.25. The highest BCUT2D eigenvalue weighted by Crippen LogP contribution is 2.23. The monoisotopic (exact) mass is 287 g/mol. The molecule has 0 aliphatic carbocycles. The van der Waals surface area contributed by atoms with E-state index < -0.39 is 5.54 Å². The van der Waals surface area contributed by atoms with Crippen molar-refractivity contribution in [3.63, 3.8) is 0 Å². The standard InChI is InChI=1S/C13H18ClNO2S/c1-13(15-2,12(16)17-3)8-9-18-11-6-4-10(14)5-7-11/h4-7,15H,8-9H2,1-3H3. The van der Waals surface area contributed by atoms with E-state index in [4.69, 9.17) is 16.3 Å². The Kier molecular flexibility index (Phi) is 5.99. The molecule has 18 heavy (non-hydrogen) atoms. The average molecular weight is 288 g/mol. The van der Waals surface area contributed by atoms with Crippen molar-refractivity contribution in [3.8, 4) is 0 Å². The number of benzene rings is 1. The first kappa shape index (κ1) is 15.3. The van der Waals surface area contributed by atoms with Crippen LogP contribution in [0.2, 0.25) is 5.02 Å². The molecular formula is C13H18ClNO2S. The molecule has 1 aromatic rings. The predicted octanol–water partition coefficient (Wildman–Crippen LogP) is 2.97. The number of thioether (sulfide) groups is 1. The van der Waals surface area contributed by atoms with E-state index in [1.807, 2.05) is 31.2 Å². The normalized spacial score (nSPS) is 14.0. The summed E-state index contributed by atoms with van der Waals surface area (Å²) in [5.74, 6) is 0.593. The second-order valence-electron chi connectivity index (χ2n) is 4.13. The molecule has 5 heteroatoms. The van der Waals surface area contributed by atoms with E-state index in [0.717, 1.165) is 15.7 Å². The van der Waals surface area contributed by atoms with Crippen molar-refractivity contribution >= 4 is 29.3 Å². The van der Waals surface area contributed by atoms with Crippen LogP contribution in [0.1, 0.15) is 13.3 Å². The van der Waals surface area contributed by atoms with Crippen molar-refractivity contribution in [3.05, 3.63) is 29.3 Å². The molecule has 1 N–H and O–H groups in total. The average Bonchev–Trinajstić information content (AvgIpc) is 2.39. The van der Waals surface area contributed by atoms with Gasteiger partial charge in [-0.15, -0.1) is 11.8 Å². The minimum Gasteiger partial charge on any atom is -0.468 e. The van der Waals surface area contributed by atoms with Crippen LogP contribution in [0.15, 0.2) is 29.2 Å². The highest BCUT2D eigenvalue weighted by Gasteiger charge is 2.31. The first-order valence-corrected chi connectivity index (χ1v) is 7.04. The van der Waals surface area contributed by atoms with Crippen molar-refractivity contribution in [1.29, 1.82) is 0 Å². The van der Waals surface area contributed by atoms with Crippen LogP contribution < -0.4 is 5.32 Å². The summed E-state index contributed by atoms with van der Waals surface area (Å²) in [6, 6.07) is 7.67. The lowest BCUT2D eigenvalue weighted by molar-refractivity contribution is -0.147. The zero-order chi connectivity index (χ0) is 13.6. The highest BCUT2D eigenvalue weighted by atomic mass is 35.5. The molecule has 0 aromatic heterocycles. The fourth-order valence-electron chi connectivity index (χ4n) is 1.46. The molecule has 3 nitrogen and oxygen atoms in total. The molecule has 0 bridgehead atoms. The number of nitrogens with one attached hydrogen (secondary N) is 1. The van der Waals surface area contributed by atoms with Crippen molar-refractivity contribution in [2.24, 2.45) is 0 Å². The van der Waals surface area contributed by atoms with Gasteiger partial charge in [-0.3, -0.25) is 4.79 Å². The lowest BCUT2D eigenvalue weighted by atomic mass is 10.00. The SMILES string of the molecule is CNC(C)(CCSc1ccc(Cl)cc1)C(=O)OC. The topological polar surface area (TPSA) is 38.3 Å². The Labute approximate surface area is 117 Å². The van der Waals surface area contributed by atoms with E-state index in [-0.39, 0.29) is 5.97 Å². The Balaban J connectivity index is 2.49. The van der Waals surface area contributed by atoms with Crippen molar-refractivity contribution in [1.82, 2.24) is 5.32 Å². The Morgan fingerprint density at radius 1 is 1.44 bits per heavy atom. The maximum atomic E-state index is 11.6. The van der Waals surface area contributed by atoms with Gasteiger partial charge in [0.2, 0.25) is 0 Å². The van der Waals surface area contributed by atoms with Crippen LogP contribution in [0.5, 0.6) is 0 Å². The fraction of sp³-hybridized carbons (Fsp3) is 0.462. The Hall–Kier alpha value is -0.710. The molecular weight excluding hydrogens is 270 g/mol. The summed E-state index contributed by atoms with van der Waals surface area (Å²) in [6.07, 6.45) is 0.698. The van der Waals surface area contributed by atoms with Gasteiger partial charge in [0.25, 0.3) is 0 Å². The number of rotatable bonds is 6. The van der Waals surface area contributed by atoms with Gasteiger partial charge in [-0.05, 0) is 44.7 Å². The Morgan fingerprint density at radius 3 is 2.56 bits per heavy atom. The quantitative estimate of drug-likeness (QED) is 0.645. The predicted molar refractivity (Wildman–Crippen MR) is 76.3 cm³/mol. The molecule has 1 atom stereocenters. The van der Waals surface area contributed by atoms with Crippen LogP contribution >= 0.6 is 23.4 Å². The van der Waals surface area contributed by atoms with E-state index in [0.29, 0.717) is 6.42 Å². The van der Waals surface area contributed by atoms with E-state index in [1.165, 1.54) is 7.11 Å². The number of carbonyl (C=O) groups excluding carboxylic acids is 1. The van der Waals surface area contributed by atoms with Gasteiger partial charge in [0, 0.05) is 15.7 Å². The Bertz CT molecular complexity index is 396. The smallest absolute Gasteiger partial charge is 0.325 e. The summed E-state index contributed by atoms with van der Waals surface area (Å²) in [7, 11) is 3.17. The van der Waals surface area contributed by atoms with Crippen LogP contribution in [0.3, 0.4) is 0 Å². The molecule has 100 valence electrons. The summed E-state index contributed by atoms with van der Waals surface area (Å²) >= 11 is 7.51. The minimum atomic E-state index is -0.631. The molecule has 1 unspecified atom stereocenters. The largest absolute Gasteiger partial charge is 0.468 e. The first-order chi connectivity index (χ1) is 8.51. The highest BCUT2D eigenvalue weighted by molar-refractivity contribution is 7.99. The molecule has 0 aliphatic rings. The van der Waals surface area contributed by atoms with Gasteiger partial charge >= 0.3 is 5.97 Å². The summed E-state index contributed by atoms with van der Waals surface area (Å²) in [5, 5.41) is 3.75. The van der Waals surface area contributed by atoms with Crippen LogP contribution in [0.4, 0.5) is 0 Å². The lowest BCUT2D eigenvalue weighted by Crippen LogP contribution is -2.48. The summed E-state index contributed by atoms with van der Waals surface area (Å²) in [5.41, 5.74) is -0.631. The summed E-state index contributed by atoms with van der Waals surface area (Å²) < 4.78 is 4.80. The zero-order valence-corrected chi connectivity index (χ0v) is 12.4. The van der Waals surface area contributed by atoms with Gasteiger partial charge in [0.05, 0.1) is 7.11 Å². The molecule has 0 amide bonds. The third-order valence-corrected chi connectivity index (χ3v) is 4.14. The minimum absolute atomic E-state index is 0.235. The van der Waals surface area contributed by atoms with Gasteiger partial charge in [-0.2, -0.15) is 0 Å². The van der Waals surface area contributed by atoms with E-state index >= 15 is 0 Å². The van der Waals surface area contributed by atoms with Crippen molar-refractivity contribution in [2.75, 3.05) is 19.9 Å². The number of esters is 1. The van der Waals surface area contributed by atoms with Crippen molar-refractivity contribution < 1.29 is 9.53 Å². The second kappa shape index (κ2) is 7.02.